The monoisotopic (exact) mass is 514 g/mol. The first-order chi connectivity index (χ1) is 18.0. The van der Waals surface area contributed by atoms with Gasteiger partial charge in [-0.3, -0.25) is 9.59 Å². The lowest BCUT2D eigenvalue weighted by Gasteiger charge is -2.14. The van der Waals surface area contributed by atoms with Crippen LogP contribution in [0, 0.1) is 23.7 Å². The number of benzene rings is 2. The maximum Gasteiger partial charge on any atom is 0.245 e. The van der Waals surface area contributed by atoms with Crippen LogP contribution in [0.3, 0.4) is 0 Å². The molecule has 4 unspecified atom stereocenters. The zero-order valence-electron chi connectivity index (χ0n) is 21.2. The molecule has 2 aromatic rings. The zero-order valence-corrected chi connectivity index (χ0v) is 21.9. The molecule has 0 saturated carbocycles. The summed E-state index contributed by atoms with van der Waals surface area (Å²) in [6.07, 6.45) is 9.65. The first kappa shape index (κ1) is 26.8. The van der Waals surface area contributed by atoms with Gasteiger partial charge in [0, 0.05) is 19.6 Å². The van der Waals surface area contributed by atoms with Crippen LogP contribution in [0.1, 0.15) is 24.0 Å². The maximum absolute atomic E-state index is 11.6. The van der Waals surface area contributed by atoms with Gasteiger partial charge in [-0.05, 0) is 89.1 Å². The fraction of sp³-hybridized carbons (Fsp3) is 0.312. The minimum atomic E-state index is -0.509. The van der Waals surface area contributed by atoms with Crippen LogP contribution in [0.5, 0.6) is 0 Å². The van der Waals surface area contributed by atoms with Crippen molar-refractivity contribution >= 4 is 33.9 Å². The SMILES string of the molecule is C1=C(c2ccccc2)CC2CNCC12.C=CC(=O)Cl.C=CC(=O)N1CC2C=C(c3ccccc3)CC2C1. The van der Waals surface area contributed by atoms with Gasteiger partial charge in [-0.25, -0.2) is 0 Å². The van der Waals surface area contributed by atoms with Gasteiger partial charge in [0.2, 0.25) is 11.1 Å². The Kier molecular flexibility index (Phi) is 9.32. The number of nitrogens with one attached hydrogen (secondary N) is 1. The quantitative estimate of drug-likeness (QED) is 0.403. The van der Waals surface area contributed by atoms with Crippen LogP contribution in [0.2, 0.25) is 0 Å². The van der Waals surface area contributed by atoms with Gasteiger partial charge in [-0.1, -0.05) is 86.0 Å². The summed E-state index contributed by atoms with van der Waals surface area (Å²) < 4.78 is 0. The van der Waals surface area contributed by atoms with Crippen LogP contribution in [0.15, 0.2) is 98.1 Å². The molecular formula is C32H35ClN2O2. The molecule has 192 valence electrons. The zero-order chi connectivity index (χ0) is 26.2. The van der Waals surface area contributed by atoms with Crippen molar-refractivity contribution in [2.24, 2.45) is 23.7 Å². The highest BCUT2D eigenvalue weighted by molar-refractivity contribution is 6.66. The van der Waals surface area contributed by atoms with Crippen molar-refractivity contribution in [1.29, 1.82) is 0 Å². The van der Waals surface area contributed by atoms with Gasteiger partial charge in [-0.2, -0.15) is 0 Å². The summed E-state index contributed by atoms with van der Waals surface area (Å²) in [5.74, 6) is 2.86. The Hall–Kier alpha value is -3.21. The fourth-order valence-electron chi connectivity index (χ4n) is 5.73. The van der Waals surface area contributed by atoms with Crippen molar-refractivity contribution in [1.82, 2.24) is 10.2 Å². The molecule has 37 heavy (non-hydrogen) atoms. The van der Waals surface area contributed by atoms with Crippen LogP contribution >= 0.6 is 11.6 Å². The summed E-state index contributed by atoms with van der Waals surface area (Å²) in [6.45, 7) is 10.8. The van der Waals surface area contributed by atoms with E-state index < -0.39 is 5.24 Å². The van der Waals surface area contributed by atoms with Gasteiger partial charge in [0.1, 0.15) is 0 Å². The van der Waals surface area contributed by atoms with Crippen LogP contribution < -0.4 is 5.32 Å². The molecule has 0 spiro atoms. The molecule has 4 aliphatic rings. The fourth-order valence-corrected chi connectivity index (χ4v) is 5.73. The highest BCUT2D eigenvalue weighted by Gasteiger charge is 2.37. The molecule has 4 atom stereocenters. The van der Waals surface area contributed by atoms with Crippen LogP contribution in [0.25, 0.3) is 11.1 Å². The number of fused-ring (bicyclic) bond motifs is 2. The summed E-state index contributed by atoms with van der Waals surface area (Å²) in [4.78, 5) is 23.0. The van der Waals surface area contributed by atoms with Crippen LogP contribution in [0.4, 0.5) is 0 Å². The molecule has 2 aliphatic heterocycles. The number of likely N-dealkylation sites (tertiary alicyclic amines) is 1. The molecule has 5 heteroatoms. The normalized spacial score (nSPS) is 24.8. The number of nitrogens with zero attached hydrogens (tertiary/aromatic N) is 1. The molecule has 2 aromatic carbocycles. The first-order valence-corrected chi connectivity index (χ1v) is 13.3. The molecule has 0 aromatic heterocycles. The predicted octanol–water partition coefficient (Wildman–Crippen LogP) is 5.98. The van der Waals surface area contributed by atoms with Gasteiger partial charge < -0.3 is 10.2 Å². The Bertz CT molecular complexity index is 1170. The Morgan fingerprint density at radius 1 is 0.784 bits per heavy atom. The average molecular weight is 515 g/mol. The van der Waals surface area contributed by atoms with Crippen molar-refractivity contribution < 1.29 is 9.59 Å². The molecule has 4 nitrogen and oxygen atoms in total. The van der Waals surface area contributed by atoms with E-state index in [0.29, 0.717) is 11.8 Å². The van der Waals surface area contributed by atoms with Gasteiger partial charge in [0.15, 0.2) is 0 Å². The Morgan fingerprint density at radius 2 is 1.32 bits per heavy atom. The predicted molar refractivity (Wildman–Crippen MR) is 153 cm³/mol. The molecule has 2 aliphatic carbocycles. The molecule has 1 N–H and O–H groups in total. The van der Waals surface area contributed by atoms with Gasteiger partial charge in [0.05, 0.1) is 0 Å². The molecule has 6 rings (SSSR count). The third kappa shape index (κ3) is 6.97. The third-order valence-corrected chi connectivity index (χ3v) is 7.77. The largest absolute Gasteiger partial charge is 0.338 e. The summed E-state index contributed by atoms with van der Waals surface area (Å²) in [7, 11) is 0. The maximum atomic E-state index is 11.6. The second-order valence-electron chi connectivity index (χ2n) is 9.99. The Balaban J connectivity index is 0.000000150. The van der Waals surface area contributed by atoms with Crippen molar-refractivity contribution in [2.75, 3.05) is 26.2 Å². The van der Waals surface area contributed by atoms with Crippen molar-refractivity contribution in [3.63, 3.8) is 0 Å². The van der Waals surface area contributed by atoms with E-state index in [0.717, 1.165) is 37.4 Å². The summed E-state index contributed by atoms with van der Waals surface area (Å²) in [6, 6.07) is 21.3. The number of rotatable bonds is 4. The van der Waals surface area contributed by atoms with Gasteiger partial charge >= 0.3 is 0 Å². The minimum Gasteiger partial charge on any atom is -0.338 e. The van der Waals surface area contributed by atoms with E-state index in [4.69, 9.17) is 11.6 Å². The third-order valence-electron chi connectivity index (χ3n) is 7.61. The lowest BCUT2D eigenvalue weighted by atomic mass is 9.98. The molecule has 2 heterocycles. The molecular weight excluding hydrogens is 480 g/mol. The topological polar surface area (TPSA) is 49.4 Å². The number of allylic oxidation sites excluding steroid dienone is 3. The van der Waals surface area contributed by atoms with E-state index in [1.165, 1.54) is 42.3 Å². The van der Waals surface area contributed by atoms with E-state index in [2.05, 4.69) is 85.2 Å². The first-order valence-electron chi connectivity index (χ1n) is 12.9. The van der Waals surface area contributed by atoms with Crippen molar-refractivity contribution in [3.05, 3.63) is 109 Å². The van der Waals surface area contributed by atoms with E-state index in [9.17, 15) is 9.59 Å². The highest BCUT2D eigenvalue weighted by Crippen LogP contribution is 2.41. The Labute approximate surface area is 225 Å². The highest BCUT2D eigenvalue weighted by atomic mass is 35.5. The Morgan fingerprint density at radius 3 is 1.81 bits per heavy atom. The standard InChI is InChI=1S/C16H17NO.C13H15N.C3H3ClO/c1-2-16(18)17-10-14-8-13(9-15(14)11-17)12-6-4-3-5-7-12;1-2-4-10(5-3-1)11-6-12-8-14-9-13(12)7-11;1-2-3(4)5/h2-8,14-15H,1,9-11H2;1-6,12-14H,7-9H2;2H,1H2. The molecule has 0 radical (unpaired) electrons. The number of halogens is 1. The number of hydrogen-bond acceptors (Lipinski definition) is 3. The number of carbonyl (C=O) groups excluding carboxylic acids is 2. The number of carbonyl (C=O) groups is 2. The van der Waals surface area contributed by atoms with E-state index >= 15 is 0 Å². The van der Waals surface area contributed by atoms with E-state index in [-0.39, 0.29) is 5.91 Å². The lowest BCUT2D eigenvalue weighted by Crippen LogP contribution is -2.27. The second-order valence-corrected chi connectivity index (χ2v) is 10.4. The molecule has 2 saturated heterocycles. The van der Waals surface area contributed by atoms with Crippen molar-refractivity contribution in [3.8, 4) is 0 Å². The minimum absolute atomic E-state index is 0.0686. The summed E-state index contributed by atoms with van der Waals surface area (Å²) in [5.41, 5.74) is 5.74. The average Bonchev–Trinajstić information content (AvgIpc) is 3.70. The molecule has 0 bridgehead atoms. The smallest absolute Gasteiger partial charge is 0.245 e. The number of amides is 1. The summed E-state index contributed by atoms with van der Waals surface area (Å²) >= 11 is 4.71. The molecule has 2 fully saturated rings. The van der Waals surface area contributed by atoms with Gasteiger partial charge in [-0.15, -0.1) is 0 Å². The lowest BCUT2D eigenvalue weighted by molar-refractivity contribution is -0.125. The van der Waals surface area contributed by atoms with Gasteiger partial charge in [0.25, 0.3) is 0 Å². The number of hydrogen-bond donors (Lipinski definition) is 1. The van der Waals surface area contributed by atoms with Crippen LogP contribution in [-0.4, -0.2) is 42.2 Å². The molecule has 1 amide bonds. The van der Waals surface area contributed by atoms with Crippen LogP contribution in [-0.2, 0) is 9.59 Å². The van der Waals surface area contributed by atoms with E-state index in [1.54, 1.807) is 5.57 Å². The van der Waals surface area contributed by atoms with E-state index in [1.807, 2.05) is 11.0 Å². The van der Waals surface area contributed by atoms with Crippen molar-refractivity contribution in [2.45, 2.75) is 12.8 Å². The second kappa shape index (κ2) is 12.8. The summed E-state index contributed by atoms with van der Waals surface area (Å²) in [5, 5.41) is 2.94.